The number of aliphatic hydroxyl groups is 2. The van der Waals surface area contributed by atoms with Gasteiger partial charge in [-0.2, -0.15) is 18.3 Å². The molecule has 13 heteroatoms. The predicted molar refractivity (Wildman–Crippen MR) is 177 cm³/mol. The van der Waals surface area contributed by atoms with E-state index in [0.717, 1.165) is 62.0 Å². The molecule has 0 bridgehead atoms. The first kappa shape index (κ1) is 35.9. The highest BCUT2D eigenvalue weighted by molar-refractivity contribution is 6.31. The summed E-state index contributed by atoms with van der Waals surface area (Å²) in [4.78, 5) is 30.9. The van der Waals surface area contributed by atoms with Gasteiger partial charge in [0, 0.05) is 44.0 Å². The molecule has 3 aromatic carbocycles. The summed E-state index contributed by atoms with van der Waals surface area (Å²) in [5.74, 6) is -1.13. The molecule has 0 aliphatic carbocycles. The maximum Gasteiger partial charge on any atom is 0.417 e. The average Bonchev–Trinajstić information content (AvgIpc) is 3.01. The number of carbonyl (C=O) groups excluding carboxylic acids is 2. The third-order valence-corrected chi connectivity index (χ3v) is 7.86. The minimum Gasteiger partial charge on any atom is -0.392 e. The van der Waals surface area contributed by atoms with Gasteiger partial charge in [-0.3, -0.25) is 14.5 Å². The van der Waals surface area contributed by atoms with Crippen LogP contribution in [-0.4, -0.2) is 71.5 Å². The Morgan fingerprint density at radius 2 is 1.68 bits per heavy atom. The standard InChI is InChI=1S/C34H39ClF3N5O4/c1-22(44)19-42(20-23(2)45)21-25-7-6-8-26(15-25)32(46)40-31-12-10-27(43-13-4-3-5-14-43)17-28(31)33(47)41-39-18-24-9-11-30(35)29(16-24)34(36,37)38/h6-12,15-18,22-23,44-45H,3-5,13-14,19-21H2,1-2H3,(H,40,46)(H,41,47)/b39-18+. The molecule has 0 aromatic heterocycles. The van der Waals surface area contributed by atoms with Crippen molar-refractivity contribution in [2.24, 2.45) is 5.10 Å². The van der Waals surface area contributed by atoms with Gasteiger partial charge < -0.3 is 20.4 Å². The van der Waals surface area contributed by atoms with Crippen LogP contribution in [0.4, 0.5) is 24.5 Å². The van der Waals surface area contributed by atoms with E-state index >= 15 is 0 Å². The first-order chi connectivity index (χ1) is 22.3. The fraction of sp³-hybridized carbons (Fsp3) is 0.382. The molecule has 0 saturated carbocycles. The van der Waals surface area contributed by atoms with Gasteiger partial charge in [-0.15, -0.1) is 0 Å². The molecular weight excluding hydrogens is 635 g/mol. The third kappa shape index (κ3) is 10.5. The Morgan fingerprint density at radius 3 is 2.34 bits per heavy atom. The van der Waals surface area contributed by atoms with Gasteiger partial charge in [-0.05, 0) is 86.7 Å². The molecule has 2 atom stereocenters. The van der Waals surface area contributed by atoms with Crippen molar-refractivity contribution < 1.29 is 33.0 Å². The number of nitrogens with one attached hydrogen (secondary N) is 2. The normalized spacial score (nSPS) is 15.1. The SMILES string of the molecule is CC(O)CN(Cc1cccc(C(=O)Nc2ccc(N3CCCCC3)cc2C(=O)N/N=C/c2ccc(Cl)c(C(F)(F)F)c2)c1)CC(C)O. The van der Waals surface area contributed by atoms with Gasteiger partial charge in [0.15, 0.2) is 0 Å². The van der Waals surface area contributed by atoms with Crippen molar-refractivity contribution >= 4 is 41.0 Å². The molecule has 47 heavy (non-hydrogen) atoms. The molecule has 1 aliphatic rings. The molecule has 2 amide bonds. The summed E-state index contributed by atoms with van der Waals surface area (Å²) in [5, 5.41) is 26.0. The van der Waals surface area contributed by atoms with E-state index in [1.165, 1.54) is 6.07 Å². The lowest BCUT2D eigenvalue weighted by molar-refractivity contribution is -0.137. The number of aliphatic hydroxyl groups excluding tert-OH is 2. The van der Waals surface area contributed by atoms with Crippen molar-refractivity contribution in [1.29, 1.82) is 0 Å². The molecule has 252 valence electrons. The number of benzene rings is 3. The largest absolute Gasteiger partial charge is 0.417 e. The van der Waals surface area contributed by atoms with E-state index < -0.39 is 40.8 Å². The maximum atomic E-state index is 13.4. The molecule has 1 aliphatic heterocycles. The molecule has 4 rings (SSSR count). The average molecular weight is 674 g/mol. The summed E-state index contributed by atoms with van der Waals surface area (Å²) in [7, 11) is 0. The van der Waals surface area contributed by atoms with Crippen molar-refractivity contribution in [1.82, 2.24) is 10.3 Å². The smallest absolute Gasteiger partial charge is 0.392 e. The first-order valence-corrected chi connectivity index (χ1v) is 15.8. The number of hydrazone groups is 1. The summed E-state index contributed by atoms with van der Waals surface area (Å²) in [6.07, 6.45) is -1.65. The van der Waals surface area contributed by atoms with Gasteiger partial charge in [-0.25, -0.2) is 5.43 Å². The minimum absolute atomic E-state index is 0.0814. The Kier molecular flexibility index (Phi) is 12.4. The summed E-state index contributed by atoms with van der Waals surface area (Å²) in [5.41, 5.74) is 3.71. The van der Waals surface area contributed by atoms with Gasteiger partial charge in [-0.1, -0.05) is 29.8 Å². The monoisotopic (exact) mass is 673 g/mol. The highest BCUT2D eigenvalue weighted by atomic mass is 35.5. The van der Waals surface area contributed by atoms with Gasteiger partial charge in [0.25, 0.3) is 11.8 Å². The quantitative estimate of drug-likeness (QED) is 0.140. The first-order valence-electron chi connectivity index (χ1n) is 15.4. The van der Waals surface area contributed by atoms with Gasteiger partial charge in [0.05, 0.1) is 40.3 Å². The third-order valence-electron chi connectivity index (χ3n) is 7.53. The summed E-state index contributed by atoms with van der Waals surface area (Å²) >= 11 is 5.70. The van der Waals surface area contributed by atoms with Crippen molar-refractivity contribution in [3.05, 3.63) is 93.5 Å². The fourth-order valence-electron chi connectivity index (χ4n) is 5.46. The number of amides is 2. The van der Waals surface area contributed by atoms with Crippen LogP contribution in [-0.2, 0) is 12.7 Å². The number of nitrogens with zero attached hydrogens (tertiary/aromatic N) is 3. The van der Waals surface area contributed by atoms with Crippen LogP contribution in [0.15, 0.2) is 65.8 Å². The number of carbonyl (C=O) groups is 2. The van der Waals surface area contributed by atoms with E-state index in [1.807, 2.05) is 17.0 Å². The second-order valence-electron chi connectivity index (χ2n) is 11.8. The van der Waals surface area contributed by atoms with Crippen LogP contribution >= 0.6 is 11.6 Å². The van der Waals surface area contributed by atoms with Crippen molar-refractivity contribution in [3.63, 3.8) is 0 Å². The van der Waals surface area contributed by atoms with Crippen LogP contribution in [0.1, 0.15) is 70.5 Å². The number of rotatable bonds is 12. The number of anilines is 2. The van der Waals surface area contributed by atoms with Crippen LogP contribution in [0.25, 0.3) is 0 Å². The second-order valence-corrected chi connectivity index (χ2v) is 12.2. The van der Waals surface area contributed by atoms with Crippen molar-refractivity contribution in [2.45, 2.75) is 58.0 Å². The highest BCUT2D eigenvalue weighted by Gasteiger charge is 2.33. The van der Waals surface area contributed by atoms with E-state index in [9.17, 15) is 33.0 Å². The number of alkyl halides is 3. The molecule has 1 fully saturated rings. The van der Waals surface area contributed by atoms with E-state index in [2.05, 4.69) is 20.7 Å². The number of halogens is 4. The zero-order valence-corrected chi connectivity index (χ0v) is 27.0. The van der Waals surface area contributed by atoms with Crippen LogP contribution in [0.2, 0.25) is 5.02 Å². The Bertz CT molecular complexity index is 1570. The van der Waals surface area contributed by atoms with Gasteiger partial charge >= 0.3 is 6.18 Å². The zero-order valence-electron chi connectivity index (χ0n) is 26.2. The summed E-state index contributed by atoms with van der Waals surface area (Å²) in [6, 6.07) is 15.3. The van der Waals surface area contributed by atoms with Crippen LogP contribution in [0, 0.1) is 0 Å². The lowest BCUT2D eigenvalue weighted by Crippen LogP contribution is -2.35. The highest BCUT2D eigenvalue weighted by Crippen LogP contribution is 2.35. The van der Waals surface area contributed by atoms with Crippen LogP contribution in [0.3, 0.4) is 0 Å². The molecule has 3 aromatic rings. The molecular formula is C34H39ClF3N5O4. The van der Waals surface area contributed by atoms with Gasteiger partial charge in [0.2, 0.25) is 0 Å². The van der Waals surface area contributed by atoms with E-state index in [-0.39, 0.29) is 16.8 Å². The van der Waals surface area contributed by atoms with Crippen LogP contribution in [0.5, 0.6) is 0 Å². The number of piperidine rings is 1. The topological polar surface area (TPSA) is 118 Å². The molecule has 1 heterocycles. The van der Waals surface area contributed by atoms with E-state index in [0.29, 0.717) is 25.2 Å². The molecule has 0 spiro atoms. The Balaban J connectivity index is 1.56. The molecule has 2 unspecified atom stereocenters. The lowest BCUT2D eigenvalue weighted by Gasteiger charge is -2.29. The number of hydrogen-bond donors (Lipinski definition) is 4. The lowest BCUT2D eigenvalue weighted by atomic mass is 10.1. The Hall–Kier alpha value is -3.97. The maximum absolute atomic E-state index is 13.4. The summed E-state index contributed by atoms with van der Waals surface area (Å²) < 4.78 is 39.8. The van der Waals surface area contributed by atoms with E-state index in [4.69, 9.17) is 11.6 Å². The molecule has 0 radical (unpaired) electrons. The Morgan fingerprint density at radius 1 is 0.979 bits per heavy atom. The fourth-order valence-corrected chi connectivity index (χ4v) is 5.68. The summed E-state index contributed by atoms with van der Waals surface area (Å²) in [6.45, 7) is 6.03. The number of hydrogen-bond acceptors (Lipinski definition) is 7. The predicted octanol–water partition coefficient (Wildman–Crippen LogP) is 5.93. The van der Waals surface area contributed by atoms with Crippen molar-refractivity contribution in [2.75, 3.05) is 36.4 Å². The van der Waals surface area contributed by atoms with Crippen molar-refractivity contribution in [3.8, 4) is 0 Å². The molecule has 4 N–H and O–H groups in total. The second kappa shape index (κ2) is 16.2. The van der Waals surface area contributed by atoms with Gasteiger partial charge in [0.1, 0.15) is 0 Å². The molecule has 9 nitrogen and oxygen atoms in total. The Labute approximate surface area is 277 Å². The van der Waals surface area contributed by atoms with Crippen LogP contribution < -0.4 is 15.6 Å². The minimum atomic E-state index is -4.65. The zero-order chi connectivity index (χ0) is 34.1. The van der Waals surface area contributed by atoms with E-state index in [1.54, 1.807) is 44.2 Å². The molecule has 1 saturated heterocycles.